The summed E-state index contributed by atoms with van der Waals surface area (Å²) >= 11 is 0. The van der Waals surface area contributed by atoms with Gasteiger partial charge in [0.05, 0.1) is 7.11 Å². The van der Waals surface area contributed by atoms with Crippen LogP contribution in [0.4, 0.5) is 0 Å². The number of benzene rings is 1. The minimum absolute atomic E-state index is 0.941. The summed E-state index contributed by atoms with van der Waals surface area (Å²) < 4.78 is 5.14. The Morgan fingerprint density at radius 3 is 2.53 bits per heavy atom. The summed E-state index contributed by atoms with van der Waals surface area (Å²) in [6, 6.07) is 8.40. The van der Waals surface area contributed by atoms with E-state index in [-0.39, 0.29) is 0 Å². The van der Waals surface area contributed by atoms with E-state index < -0.39 is 0 Å². The second-order valence-electron chi connectivity index (χ2n) is 4.13. The van der Waals surface area contributed by atoms with E-state index in [1.54, 1.807) is 12.7 Å². The average molecular weight is 202 g/mol. The zero-order valence-corrected chi connectivity index (χ0v) is 9.33. The largest absolute Gasteiger partial charge is 0.497 e. The summed E-state index contributed by atoms with van der Waals surface area (Å²) in [5, 5.41) is 0. The van der Waals surface area contributed by atoms with Crippen molar-refractivity contribution in [3.63, 3.8) is 0 Å². The van der Waals surface area contributed by atoms with Crippen LogP contribution in [-0.2, 0) is 6.42 Å². The van der Waals surface area contributed by atoms with Gasteiger partial charge in [0.25, 0.3) is 0 Å². The predicted molar refractivity (Wildman–Crippen MR) is 63.2 cm³/mol. The van der Waals surface area contributed by atoms with Gasteiger partial charge in [-0.1, -0.05) is 23.8 Å². The molecule has 0 amide bonds. The van der Waals surface area contributed by atoms with E-state index in [1.807, 2.05) is 12.1 Å². The Morgan fingerprint density at radius 1 is 1.13 bits per heavy atom. The van der Waals surface area contributed by atoms with E-state index in [4.69, 9.17) is 4.74 Å². The van der Waals surface area contributed by atoms with Crippen molar-refractivity contribution in [3.05, 3.63) is 41.5 Å². The Hall–Kier alpha value is -1.24. The molecule has 1 heteroatoms. The molecule has 1 aromatic rings. The summed E-state index contributed by atoms with van der Waals surface area (Å²) in [6.07, 6.45) is 8.81. The smallest absolute Gasteiger partial charge is 0.118 e. The first kappa shape index (κ1) is 10.3. The van der Waals surface area contributed by atoms with E-state index in [0.717, 1.165) is 12.2 Å². The zero-order valence-electron chi connectivity index (χ0n) is 9.33. The Kier molecular flexibility index (Phi) is 3.44. The molecule has 1 aromatic carbocycles. The van der Waals surface area contributed by atoms with Crippen LogP contribution in [0.25, 0.3) is 0 Å². The molecule has 0 atom stereocenters. The molecule has 0 aromatic heterocycles. The molecule has 0 bridgehead atoms. The normalized spacial score (nSPS) is 15.9. The molecular formula is C14H18O. The number of hydrogen-bond acceptors (Lipinski definition) is 1. The van der Waals surface area contributed by atoms with Gasteiger partial charge in [0.15, 0.2) is 0 Å². The monoisotopic (exact) mass is 202 g/mol. The summed E-state index contributed by atoms with van der Waals surface area (Å²) in [6.45, 7) is 0. The molecule has 0 saturated carbocycles. The number of rotatable bonds is 3. The standard InChI is InChI=1S/C14H18O/c1-15-14-9-7-13(8-10-14)11-12-5-3-2-4-6-12/h5,7-10H,2-4,6,11H2,1H3. The van der Waals surface area contributed by atoms with Crippen LogP contribution >= 0.6 is 0 Å². The van der Waals surface area contributed by atoms with E-state index in [9.17, 15) is 0 Å². The van der Waals surface area contributed by atoms with Gasteiger partial charge in [-0.3, -0.25) is 0 Å². The van der Waals surface area contributed by atoms with Gasteiger partial charge < -0.3 is 4.74 Å². The fourth-order valence-electron chi connectivity index (χ4n) is 2.07. The number of ether oxygens (including phenoxy) is 1. The molecule has 80 valence electrons. The molecule has 0 spiro atoms. The van der Waals surface area contributed by atoms with Gasteiger partial charge in [-0.15, -0.1) is 0 Å². The SMILES string of the molecule is COc1ccc(CC2=CCCCC2)cc1. The highest BCUT2D eigenvalue weighted by Crippen LogP contribution is 2.22. The molecule has 2 rings (SSSR count). The van der Waals surface area contributed by atoms with Crippen LogP contribution in [0.15, 0.2) is 35.9 Å². The quantitative estimate of drug-likeness (QED) is 0.678. The van der Waals surface area contributed by atoms with Crippen molar-refractivity contribution < 1.29 is 4.74 Å². The molecule has 0 N–H and O–H groups in total. The summed E-state index contributed by atoms with van der Waals surface area (Å²) in [7, 11) is 1.71. The lowest BCUT2D eigenvalue weighted by Gasteiger charge is -2.12. The second-order valence-corrected chi connectivity index (χ2v) is 4.13. The molecule has 1 aliphatic carbocycles. The van der Waals surface area contributed by atoms with Gasteiger partial charge in [-0.25, -0.2) is 0 Å². The van der Waals surface area contributed by atoms with Crippen molar-refractivity contribution in [2.24, 2.45) is 0 Å². The second kappa shape index (κ2) is 5.01. The molecular weight excluding hydrogens is 184 g/mol. The van der Waals surface area contributed by atoms with Gasteiger partial charge in [-0.05, 0) is 49.8 Å². The first-order valence-electron chi connectivity index (χ1n) is 5.69. The van der Waals surface area contributed by atoms with Crippen LogP contribution in [-0.4, -0.2) is 7.11 Å². The van der Waals surface area contributed by atoms with Gasteiger partial charge in [0, 0.05) is 0 Å². The zero-order chi connectivity index (χ0) is 10.5. The molecule has 1 nitrogen and oxygen atoms in total. The highest BCUT2D eigenvalue weighted by Gasteiger charge is 2.04. The van der Waals surface area contributed by atoms with Crippen molar-refractivity contribution in [3.8, 4) is 5.75 Å². The van der Waals surface area contributed by atoms with E-state index in [0.29, 0.717) is 0 Å². The first-order chi connectivity index (χ1) is 7.38. The van der Waals surface area contributed by atoms with Crippen molar-refractivity contribution in [1.29, 1.82) is 0 Å². The Balaban J connectivity index is 2.00. The maximum Gasteiger partial charge on any atom is 0.118 e. The van der Waals surface area contributed by atoms with E-state index in [1.165, 1.54) is 31.2 Å². The fraction of sp³-hybridized carbons (Fsp3) is 0.429. The molecule has 0 heterocycles. The molecule has 1 aliphatic rings. The number of methoxy groups -OCH3 is 1. The lowest BCUT2D eigenvalue weighted by molar-refractivity contribution is 0.414. The van der Waals surface area contributed by atoms with Crippen molar-refractivity contribution in [1.82, 2.24) is 0 Å². The highest BCUT2D eigenvalue weighted by atomic mass is 16.5. The Bertz CT molecular complexity index is 335. The van der Waals surface area contributed by atoms with Gasteiger partial charge >= 0.3 is 0 Å². The maximum absolute atomic E-state index is 5.14. The number of allylic oxidation sites excluding steroid dienone is 2. The molecule has 0 fully saturated rings. The highest BCUT2D eigenvalue weighted by molar-refractivity contribution is 5.30. The van der Waals surface area contributed by atoms with Crippen molar-refractivity contribution in [2.75, 3.05) is 7.11 Å². The van der Waals surface area contributed by atoms with Gasteiger partial charge in [-0.2, -0.15) is 0 Å². The molecule has 0 unspecified atom stereocenters. The third-order valence-corrected chi connectivity index (χ3v) is 2.98. The predicted octanol–water partition coefficient (Wildman–Crippen LogP) is 3.74. The first-order valence-corrected chi connectivity index (χ1v) is 5.69. The molecule has 0 radical (unpaired) electrons. The van der Waals surface area contributed by atoms with Crippen molar-refractivity contribution in [2.45, 2.75) is 32.1 Å². The van der Waals surface area contributed by atoms with Crippen LogP contribution in [0.3, 0.4) is 0 Å². The summed E-state index contributed by atoms with van der Waals surface area (Å²) in [5.41, 5.74) is 3.00. The van der Waals surface area contributed by atoms with Gasteiger partial charge in [0.2, 0.25) is 0 Å². The summed E-state index contributed by atoms with van der Waals surface area (Å²) in [5.74, 6) is 0.941. The van der Waals surface area contributed by atoms with E-state index >= 15 is 0 Å². The minimum Gasteiger partial charge on any atom is -0.497 e. The average Bonchev–Trinajstić information content (AvgIpc) is 2.31. The molecule has 15 heavy (non-hydrogen) atoms. The van der Waals surface area contributed by atoms with Crippen LogP contribution < -0.4 is 4.74 Å². The molecule has 0 aliphatic heterocycles. The van der Waals surface area contributed by atoms with Crippen molar-refractivity contribution >= 4 is 0 Å². The minimum atomic E-state index is 0.941. The van der Waals surface area contributed by atoms with Crippen LogP contribution in [0, 0.1) is 0 Å². The van der Waals surface area contributed by atoms with Crippen LogP contribution in [0.2, 0.25) is 0 Å². The third kappa shape index (κ3) is 2.85. The Labute approximate surface area is 91.8 Å². The lowest BCUT2D eigenvalue weighted by Crippen LogP contribution is -1.96. The van der Waals surface area contributed by atoms with Crippen LogP contribution in [0.5, 0.6) is 5.75 Å². The van der Waals surface area contributed by atoms with Crippen LogP contribution in [0.1, 0.15) is 31.2 Å². The van der Waals surface area contributed by atoms with E-state index in [2.05, 4.69) is 18.2 Å². The summed E-state index contributed by atoms with van der Waals surface area (Å²) in [4.78, 5) is 0. The molecule has 0 saturated heterocycles. The lowest BCUT2D eigenvalue weighted by atomic mass is 9.94. The van der Waals surface area contributed by atoms with Gasteiger partial charge in [0.1, 0.15) is 5.75 Å². The third-order valence-electron chi connectivity index (χ3n) is 2.98. The fourth-order valence-corrected chi connectivity index (χ4v) is 2.07. The topological polar surface area (TPSA) is 9.23 Å². The Morgan fingerprint density at radius 2 is 1.93 bits per heavy atom. The number of hydrogen-bond donors (Lipinski definition) is 0. The maximum atomic E-state index is 5.14.